The minimum Gasteiger partial charge on any atom is -0.352 e. The fourth-order valence-corrected chi connectivity index (χ4v) is 4.33. The first-order valence-electron chi connectivity index (χ1n) is 10.0. The van der Waals surface area contributed by atoms with Gasteiger partial charge >= 0.3 is 6.03 Å². The second-order valence-corrected chi connectivity index (χ2v) is 9.37. The molecule has 10 heteroatoms. The molecular formula is C21H25ClN4O4S. The van der Waals surface area contributed by atoms with E-state index in [9.17, 15) is 18.0 Å². The van der Waals surface area contributed by atoms with Crippen LogP contribution in [0.2, 0.25) is 5.02 Å². The molecule has 0 unspecified atom stereocenters. The number of benzene rings is 2. The number of hydrogen-bond acceptors (Lipinski definition) is 5. The molecule has 3 rings (SSSR count). The summed E-state index contributed by atoms with van der Waals surface area (Å²) in [5.41, 5.74) is 3.89. The number of hydrazine groups is 1. The molecule has 2 aromatic carbocycles. The summed E-state index contributed by atoms with van der Waals surface area (Å²) in [4.78, 5) is 24.1. The number of carbonyl (C=O) groups is 2. The number of nitrogens with one attached hydrogen (secondary N) is 3. The van der Waals surface area contributed by atoms with Crippen LogP contribution in [0, 0.1) is 0 Å². The standard InChI is InChI=1S/C21H25ClN4O4S/c22-18-6-4-5-17(15-18)20(27)23-12-11-16-7-9-19(10-8-16)31(29,30)25-21(28)24-26-13-2-1-3-14-26/h4-10,15H,1-3,11-14H2,(H,23,27)(H2,24,25,28). The molecule has 166 valence electrons. The number of carbonyl (C=O) groups excluding carboxylic acids is 2. The van der Waals surface area contributed by atoms with E-state index in [2.05, 4.69) is 10.7 Å². The fourth-order valence-electron chi connectivity index (χ4n) is 3.24. The van der Waals surface area contributed by atoms with Gasteiger partial charge in [-0.2, -0.15) is 0 Å². The quantitative estimate of drug-likeness (QED) is 0.584. The number of piperidine rings is 1. The smallest absolute Gasteiger partial charge is 0.343 e. The molecule has 1 aliphatic heterocycles. The van der Waals surface area contributed by atoms with E-state index < -0.39 is 16.1 Å². The van der Waals surface area contributed by atoms with E-state index in [0.29, 0.717) is 36.6 Å². The highest BCUT2D eigenvalue weighted by atomic mass is 35.5. The molecule has 3 N–H and O–H groups in total. The number of nitrogens with zero attached hydrogens (tertiary/aromatic N) is 1. The molecule has 0 atom stereocenters. The van der Waals surface area contributed by atoms with Gasteiger partial charge in [0.2, 0.25) is 0 Å². The van der Waals surface area contributed by atoms with Crippen LogP contribution in [0.4, 0.5) is 4.79 Å². The zero-order valence-corrected chi connectivity index (χ0v) is 18.5. The molecule has 8 nitrogen and oxygen atoms in total. The van der Waals surface area contributed by atoms with Gasteiger partial charge in [-0.05, 0) is 55.2 Å². The summed E-state index contributed by atoms with van der Waals surface area (Å²) < 4.78 is 26.9. The van der Waals surface area contributed by atoms with Gasteiger partial charge in [0.05, 0.1) is 4.90 Å². The third-order valence-electron chi connectivity index (χ3n) is 4.86. The highest BCUT2D eigenvalue weighted by Gasteiger charge is 2.20. The average Bonchev–Trinajstić information content (AvgIpc) is 2.74. The Bertz CT molecular complexity index is 1020. The molecule has 0 aliphatic carbocycles. The third kappa shape index (κ3) is 6.95. The Morgan fingerprint density at radius 2 is 1.71 bits per heavy atom. The van der Waals surface area contributed by atoms with Gasteiger partial charge in [0.25, 0.3) is 15.9 Å². The highest BCUT2D eigenvalue weighted by molar-refractivity contribution is 7.90. The Morgan fingerprint density at radius 1 is 1.00 bits per heavy atom. The second-order valence-electron chi connectivity index (χ2n) is 7.25. The predicted molar refractivity (Wildman–Crippen MR) is 118 cm³/mol. The first kappa shape index (κ1) is 23.1. The molecule has 0 saturated carbocycles. The Balaban J connectivity index is 1.49. The summed E-state index contributed by atoms with van der Waals surface area (Å²) >= 11 is 5.89. The fraction of sp³-hybridized carbons (Fsp3) is 0.333. The van der Waals surface area contributed by atoms with Crippen molar-refractivity contribution < 1.29 is 18.0 Å². The molecule has 0 bridgehead atoms. The van der Waals surface area contributed by atoms with Crippen LogP contribution in [0.15, 0.2) is 53.4 Å². The average molecular weight is 465 g/mol. The number of hydrogen-bond donors (Lipinski definition) is 3. The van der Waals surface area contributed by atoms with Crippen molar-refractivity contribution >= 4 is 33.6 Å². The zero-order chi connectivity index (χ0) is 22.3. The summed E-state index contributed by atoms with van der Waals surface area (Å²) in [5.74, 6) is -0.231. The van der Waals surface area contributed by atoms with Gasteiger partial charge in [-0.3, -0.25) is 10.2 Å². The Kier molecular flexibility index (Phi) is 7.89. The van der Waals surface area contributed by atoms with E-state index >= 15 is 0 Å². The van der Waals surface area contributed by atoms with Crippen LogP contribution in [0.5, 0.6) is 0 Å². The van der Waals surface area contributed by atoms with E-state index in [1.165, 1.54) is 12.1 Å². The van der Waals surface area contributed by atoms with Gasteiger partial charge in [0, 0.05) is 30.2 Å². The van der Waals surface area contributed by atoms with Crippen LogP contribution in [-0.4, -0.2) is 45.0 Å². The molecule has 31 heavy (non-hydrogen) atoms. The van der Waals surface area contributed by atoms with E-state index in [1.54, 1.807) is 41.4 Å². The Morgan fingerprint density at radius 3 is 2.39 bits per heavy atom. The van der Waals surface area contributed by atoms with Crippen LogP contribution in [-0.2, 0) is 16.4 Å². The van der Waals surface area contributed by atoms with E-state index in [-0.39, 0.29) is 10.8 Å². The zero-order valence-electron chi connectivity index (χ0n) is 16.9. The number of urea groups is 1. The van der Waals surface area contributed by atoms with Gasteiger partial charge in [0.1, 0.15) is 0 Å². The Labute approximate surface area is 187 Å². The number of halogens is 1. The molecule has 2 aromatic rings. The van der Waals surface area contributed by atoms with Crippen molar-refractivity contribution in [2.24, 2.45) is 0 Å². The minimum absolute atomic E-state index is 0.00647. The van der Waals surface area contributed by atoms with Crippen molar-refractivity contribution in [3.63, 3.8) is 0 Å². The van der Waals surface area contributed by atoms with Gasteiger partial charge in [-0.25, -0.2) is 22.9 Å². The number of sulfonamides is 1. The third-order valence-corrected chi connectivity index (χ3v) is 6.44. The molecule has 1 heterocycles. The minimum atomic E-state index is -3.97. The van der Waals surface area contributed by atoms with Crippen molar-refractivity contribution in [1.82, 2.24) is 20.5 Å². The maximum atomic E-state index is 12.4. The summed E-state index contributed by atoms with van der Waals surface area (Å²) in [6, 6.07) is 12.1. The summed E-state index contributed by atoms with van der Waals surface area (Å²) in [6.45, 7) is 1.79. The van der Waals surface area contributed by atoms with E-state index in [0.717, 1.165) is 24.8 Å². The number of amides is 3. The molecular weight excluding hydrogens is 440 g/mol. The number of rotatable bonds is 7. The van der Waals surface area contributed by atoms with Gasteiger partial charge < -0.3 is 5.32 Å². The van der Waals surface area contributed by atoms with Crippen molar-refractivity contribution in [2.75, 3.05) is 19.6 Å². The summed E-state index contributed by atoms with van der Waals surface area (Å²) in [7, 11) is -3.97. The maximum absolute atomic E-state index is 12.4. The molecule has 0 aromatic heterocycles. The van der Waals surface area contributed by atoms with E-state index in [4.69, 9.17) is 11.6 Å². The second kappa shape index (κ2) is 10.6. The van der Waals surface area contributed by atoms with Gasteiger partial charge in [0.15, 0.2) is 0 Å². The monoisotopic (exact) mass is 464 g/mol. The topological polar surface area (TPSA) is 108 Å². The lowest BCUT2D eigenvalue weighted by molar-refractivity contribution is 0.0954. The molecule has 1 aliphatic rings. The largest absolute Gasteiger partial charge is 0.352 e. The van der Waals surface area contributed by atoms with Gasteiger partial charge in [-0.1, -0.05) is 36.2 Å². The lowest BCUT2D eigenvalue weighted by Gasteiger charge is -2.26. The molecule has 3 amide bonds. The molecule has 0 spiro atoms. The predicted octanol–water partition coefficient (Wildman–Crippen LogP) is 2.70. The molecule has 1 saturated heterocycles. The van der Waals surface area contributed by atoms with Crippen molar-refractivity contribution in [3.05, 3.63) is 64.7 Å². The normalized spacial score (nSPS) is 14.6. The van der Waals surface area contributed by atoms with Crippen LogP contribution >= 0.6 is 11.6 Å². The molecule has 0 radical (unpaired) electrons. The molecule has 1 fully saturated rings. The highest BCUT2D eigenvalue weighted by Crippen LogP contribution is 2.12. The van der Waals surface area contributed by atoms with Crippen LogP contribution in [0.1, 0.15) is 35.2 Å². The first-order chi connectivity index (χ1) is 14.8. The lowest BCUT2D eigenvalue weighted by Crippen LogP contribution is -2.50. The summed E-state index contributed by atoms with van der Waals surface area (Å²) in [5, 5.41) is 5.00. The van der Waals surface area contributed by atoms with Crippen LogP contribution < -0.4 is 15.5 Å². The van der Waals surface area contributed by atoms with Crippen molar-refractivity contribution in [3.8, 4) is 0 Å². The summed E-state index contributed by atoms with van der Waals surface area (Å²) in [6.07, 6.45) is 3.56. The lowest BCUT2D eigenvalue weighted by atomic mass is 10.1. The Hall–Kier alpha value is -2.62. The van der Waals surface area contributed by atoms with Crippen LogP contribution in [0.3, 0.4) is 0 Å². The first-order valence-corrected chi connectivity index (χ1v) is 11.9. The maximum Gasteiger partial charge on any atom is 0.343 e. The van der Waals surface area contributed by atoms with E-state index in [1.807, 2.05) is 4.72 Å². The SMILES string of the molecule is O=C(NN1CCCCC1)NS(=O)(=O)c1ccc(CCNC(=O)c2cccc(Cl)c2)cc1. The van der Waals surface area contributed by atoms with Crippen LogP contribution in [0.25, 0.3) is 0 Å². The van der Waals surface area contributed by atoms with Crippen molar-refractivity contribution in [2.45, 2.75) is 30.6 Å². The van der Waals surface area contributed by atoms with Crippen molar-refractivity contribution in [1.29, 1.82) is 0 Å². The van der Waals surface area contributed by atoms with Gasteiger partial charge in [-0.15, -0.1) is 0 Å².